The van der Waals surface area contributed by atoms with Crippen LogP contribution in [0.1, 0.15) is 26.2 Å². The van der Waals surface area contributed by atoms with Crippen LogP contribution in [-0.2, 0) is 4.74 Å². The van der Waals surface area contributed by atoms with Crippen LogP contribution in [0, 0.1) is 11.3 Å². The summed E-state index contributed by atoms with van der Waals surface area (Å²) >= 11 is 0. The molecule has 1 heterocycles. The van der Waals surface area contributed by atoms with Crippen molar-refractivity contribution >= 4 is 6.09 Å². The minimum Gasteiger partial charge on any atom is -0.453 e. The molecule has 0 aromatic rings. The third kappa shape index (κ3) is 1.40. The molecule has 1 aliphatic carbocycles. The third-order valence-corrected chi connectivity index (χ3v) is 3.43. The molecule has 2 rings (SSSR count). The Kier molecular flexibility index (Phi) is 1.97. The van der Waals surface area contributed by atoms with Gasteiger partial charge < -0.3 is 9.64 Å². The van der Waals surface area contributed by atoms with Crippen LogP contribution in [0.4, 0.5) is 4.79 Å². The van der Waals surface area contributed by atoms with E-state index in [2.05, 4.69) is 11.7 Å². The number of likely N-dealkylation sites (tertiary alicyclic amines) is 1. The van der Waals surface area contributed by atoms with Crippen molar-refractivity contribution in [3.8, 4) is 0 Å². The Labute approximate surface area is 79.0 Å². The van der Waals surface area contributed by atoms with E-state index in [1.807, 2.05) is 0 Å². The first-order valence-corrected chi connectivity index (χ1v) is 4.98. The number of rotatable bonds is 0. The summed E-state index contributed by atoms with van der Waals surface area (Å²) in [7, 11) is 1.45. The van der Waals surface area contributed by atoms with Crippen LogP contribution in [0.2, 0.25) is 0 Å². The summed E-state index contributed by atoms with van der Waals surface area (Å²) in [5, 5.41) is 0. The van der Waals surface area contributed by atoms with Crippen molar-refractivity contribution in [2.75, 3.05) is 20.2 Å². The highest BCUT2D eigenvalue weighted by Gasteiger charge is 2.48. The van der Waals surface area contributed by atoms with Crippen molar-refractivity contribution in [3.63, 3.8) is 0 Å². The van der Waals surface area contributed by atoms with Gasteiger partial charge in [0.05, 0.1) is 7.11 Å². The molecule has 2 aliphatic rings. The van der Waals surface area contributed by atoms with Gasteiger partial charge in [0.1, 0.15) is 0 Å². The van der Waals surface area contributed by atoms with E-state index in [0.717, 1.165) is 19.0 Å². The van der Waals surface area contributed by atoms with Gasteiger partial charge >= 0.3 is 6.09 Å². The minimum absolute atomic E-state index is 0.162. The van der Waals surface area contributed by atoms with Gasteiger partial charge in [-0.3, -0.25) is 0 Å². The number of nitrogens with zero attached hydrogens (tertiary/aromatic N) is 1. The SMILES string of the molecule is COC(=O)N1CC2(CCC(C)C2)C1. The fourth-order valence-electron chi connectivity index (χ4n) is 2.80. The molecule has 13 heavy (non-hydrogen) atoms. The minimum atomic E-state index is -0.162. The largest absolute Gasteiger partial charge is 0.453 e. The standard InChI is InChI=1S/C10H17NO2/c1-8-3-4-10(5-8)6-11(7-10)9(12)13-2/h8H,3-7H2,1-2H3. The van der Waals surface area contributed by atoms with E-state index < -0.39 is 0 Å². The molecule has 74 valence electrons. The maximum absolute atomic E-state index is 11.1. The first-order chi connectivity index (χ1) is 6.15. The molecule has 0 bridgehead atoms. The predicted molar refractivity (Wildman–Crippen MR) is 49.4 cm³/mol. The summed E-state index contributed by atoms with van der Waals surface area (Å²) in [6, 6.07) is 0. The fraction of sp³-hybridized carbons (Fsp3) is 0.900. The molecule has 1 aliphatic heterocycles. The molecule has 3 nitrogen and oxygen atoms in total. The molecular weight excluding hydrogens is 166 g/mol. The highest BCUT2D eigenvalue weighted by Crippen LogP contribution is 2.47. The average molecular weight is 183 g/mol. The molecule has 1 spiro atoms. The number of methoxy groups -OCH3 is 1. The molecular formula is C10H17NO2. The van der Waals surface area contributed by atoms with Crippen LogP contribution in [0.5, 0.6) is 0 Å². The van der Waals surface area contributed by atoms with Gasteiger partial charge in [-0.1, -0.05) is 13.3 Å². The van der Waals surface area contributed by atoms with Gasteiger partial charge in [0.25, 0.3) is 0 Å². The number of carbonyl (C=O) groups excluding carboxylic acids is 1. The summed E-state index contributed by atoms with van der Waals surface area (Å²) in [4.78, 5) is 12.9. The van der Waals surface area contributed by atoms with E-state index in [-0.39, 0.29) is 6.09 Å². The lowest BCUT2D eigenvalue weighted by molar-refractivity contribution is 0.00562. The molecule has 0 N–H and O–H groups in total. The molecule has 1 amide bonds. The van der Waals surface area contributed by atoms with Gasteiger partial charge in [-0.05, 0) is 18.8 Å². The Bertz CT molecular complexity index is 221. The summed E-state index contributed by atoms with van der Waals surface area (Å²) in [5.41, 5.74) is 0.466. The van der Waals surface area contributed by atoms with Crippen LogP contribution >= 0.6 is 0 Å². The monoisotopic (exact) mass is 183 g/mol. The Balaban J connectivity index is 1.87. The first-order valence-electron chi connectivity index (χ1n) is 4.98. The quantitative estimate of drug-likeness (QED) is 0.574. The highest BCUT2D eigenvalue weighted by atomic mass is 16.5. The van der Waals surface area contributed by atoms with E-state index in [0.29, 0.717) is 5.41 Å². The third-order valence-electron chi connectivity index (χ3n) is 3.43. The van der Waals surface area contributed by atoms with Crippen molar-refractivity contribution in [1.82, 2.24) is 4.90 Å². The Morgan fingerprint density at radius 2 is 2.23 bits per heavy atom. The molecule has 1 saturated heterocycles. The molecule has 0 radical (unpaired) electrons. The smallest absolute Gasteiger partial charge is 0.409 e. The van der Waals surface area contributed by atoms with Crippen molar-refractivity contribution in [2.24, 2.45) is 11.3 Å². The highest BCUT2D eigenvalue weighted by molar-refractivity contribution is 5.68. The lowest BCUT2D eigenvalue weighted by Crippen LogP contribution is -2.57. The van der Waals surface area contributed by atoms with Crippen LogP contribution in [0.25, 0.3) is 0 Å². The average Bonchev–Trinajstić information content (AvgIpc) is 2.43. The van der Waals surface area contributed by atoms with Crippen LogP contribution in [-0.4, -0.2) is 31.2 Å². The molecule has 2 fully saturated rings. The van der Waals surface area contributed by atoms with Gasteiger partial charge in [-0.2, -0.15) is 0 Å². The lowest BCUT2D eigenvalue weighted by Gasteiger charge is -2.47. The zero-order valence-electron chi connectivity index (χ0n) is 8.38. The van der Waals surface area contributed by atoms with Crippen LogP contribution < -0.4 is 0 Å². The Hall–Kier alpha value is -0.730. The van der Waals surface area contributed by atoms with Gasteiger partial charge in [0.2, 0.25) is 0 Å². The van der Waals surface area contributed by atoms with Crippen molar-refractivity contribution in [2.45, 2.75) is 26.2 Å². The summed E-state index contributed by atoms with van der Waals surface area (Å²) in [6.45, 7) is 4.14. The Morgan fingerprint density at radius 1 is 1.54 bits per heavy atom. The zero-order chi connectivity index (χ0) is 9.47. The van der Waals surface area contributed by atoms with Crippen molar-refractivity contribution in [1.29, 1.82) is 0 Å². The molecule has 1 unspecified atom stereocenters. The summed E-state index contributed by atoms with van der Waals surface area (Å²) in [6.07, 6.45) is 3.75. The van der Waals surface area contributed by atoms with E-state index >= 15 is 0 Å². The number of amides is 1. The second kappa shape index (κ2) is 2.89. The van der Waals surface area contributed by atoms with Crippen LogP contribution in [0.3, 0.4) is 0 Å². The fourth-order valence-corrected chi connectivity index (χ4v) is 2.80. The second-order valence-corrected chi connectivity index (χ2v) is 4.67. The number of ether oxygens (including phenoxy) is 1. The maximum atomic E-state index is 11.1. The number of carbonyl (C=O) groups is 1. The van der Waals surface area contributed by atoms with Gasteiger partial charge in [-0.25, -0.2) is 4.79 Å². The van der Waals surface area contributed by atoms with Crippen molar-refractivity contribution in [3.05, 3.63) is 0 Å². The predicted octanol–water partition coefficient (Wildman–Crippen LogP) is 1.87. The normalized spacial score (nSPS) is 30.3. The van der Waals surface area contributed by atoms with E-state index in [4.69, 9.17) is 0 Å². The molecule has 1 atom stereocenters. The molecule has 0 aromatic heterocycles. The van der Waals surface area contributed by atoms with Gasteiger partial charge in [0, 0.05) is 18.5 Å². The molecule has 1 saturated carbocycles. The van der Waals surface area contributed by atoms with E-state index in [1.54, 1.807) is 4.90 Å². The topological polar surface area (TPSA) is 29.5 Å². The zero-order valence-corrected chi connectivity index (χ0v) is 8.38. The first kappa shape index (κ1) is 8.85. The van der Waals surface area contributed by atoms with E-state index in [1.165, 1.54) is 26.4 Å². The number of hydrogen-bond acceptors (Lipinski definition) is 2. The van der Waals surface area contributed by atoms with E-state index in [9.17, 15) is 4.79 Å². The van der Waals surface area contributed by atoms with Gasteiger partial charge in [0.15, 0.2) is 0 Å². The summed E-state index contributed by atoms with van der Waals surface area (Å²) < 4.78 is 4.67. The molecule has 3 heteroatoms. The lowest BCUT2D eigenvalue weighted by atomic mass is 9.78. The molecule has 0 aromatic carbocycles. The van der Waals surface area contributed by atoms with Crippen LogP contribution in [0.15, 0.2) is 0 Å². The second-order valence-electron chi connectivity index (χ2n) is 4.67. The number of hydrogen-bond donors (Lipinski definition) is 0. The van der Waals surface area contributed by atoms with Crippen molar-refractivity contribution < 1.29 is 9.53 Å². The Morgan fingerprint density at radius 3 is 2.69 bits per heavy atom. The maximum Gasteiger partial charge on any atom is 0.409 e. The summed E-state index contributed by atoms with van der Waals surface area (Å²) in [5.74, 6) is 0.847. The van der Waals surface area contributed by atoms with Gasteiger partial charge in [-0.15, -0.1) is 0 Å².